The van der Waals surface area contributed by atoms with Gasteiger partial charge in [0, 0.05) is 38.5 Å². The van der Waals surface area contributed by atoms with Crippen LogP contribution in [0.5, 0.6) is 0 Å². The lowest BCUT2D eigenvalue weighted by Crippen LogP contribution is -2.04. The first kappa shape index (κ1) is 38.9. The van der Waals surface area contributed by atoms with Gasteiger partial charge in [-0.2, -0.15) is 5.26 Å². The minimum atomic E-state index is 0.568. The van der Waals surface area contributed by atoms with E-state index in [1.54, 1.807) is 0 Å². The molecule has 0 N–H and O–H groups in total. The summed E-state index contributed by atoms with van der Waals surface area (Å²) < 4.78 is 4.71. The summed E-state index contributed by atoms with van der Waals surface area (Å²) in [5.74, 6) is 0. The molecule has 0 fully saturated rings. The number of hydrogen-bond donors (Lipinski definition) is 0. The second kappa shape index (κ2) is 15.8. The van der Waals surface area contributed by atoms with Crippen molar-refractivity contribution in [2.75, 3.05) is 0 Å². The van der Waals surface area contributed by atoms with Gasteiger partial charge in [0.2, 0.25) is 0 Å². The van der Waals surface area contributed by atoms with Gasteiger partial charge in [-0.05, 0) is 112 Å². The Bertz CT molecular complexity index is 3660. The summed E-state index contributed by atoms with van der Waals surface area (Å²) in [6.07, 6.45) is 0. The molecule has 0 saturated carbocycles. The fraction of sp³-hybridized carbons (Fsp3) is 0.0323. The second-order valence-electron chi connectivity index (χ2n) is 17.2. The zero-order valence-electron chi connectivity index (χ0n) is 36.6. The van der Waals surface area contributed by atoms with Crippen LogP contribution in [0.25, 0.3) is 111 Å². The Morgan fingerprint density at radius 2 is 0.667 bits per heavy atom. The Kier molecular flexibility index (Phi) is 9.29. The number of fused-ring (bicyclic) bond motifs is 6. The lowest BCUT2D eigenvalue weighted by atomic mass is 9.98. The third-order valence-corrected chi connectivity index (χ3v) is 13.1. The SMILES string of the molecule is Cc1cc(-c2cc(-n3c4cc(-c5ccccc5)ccc4c4ccc(-c5ccccc5)cc43)c(C#N)cc2-n2c3cc(-c4ccccc4)ccc3c3ccc(-c4ccccc4)cc32)cc(C)n1. The fourth-order valence-electron chi connectivity index (χ4n) is 10.1. The molecule has 310 valence electrons. The number of aromatic nitrogens is 3. The van der Waals surface area contributed by atoms with E-state index < -0.39 is 0 Å². The quantitative estimate of drug-likeness (QED) is 0.160. The summed E-state index contributed by atoms with van der Waals surface area (Å²) in [5, 5.41) is 16.1. The van der Waals surface area contributed by atoms with Crippen molar-refractivity contribution in [3.63, 3.8) is 0 Å². The normalized spacial score (nSPS) is 11.5. The lowest BCUT2D eigenvalue weighted by Gasteiger charge is -2.20. The van der Waals surface area contributed by atoms with Gasteiger partial charge in [-0.15, -0.1) is 0 Å². The first-order valence-electron chi connectivity index (χ1n) is 22.4. The third kappa shape index (κ3) is 6.57. The summed E-state index contributed by atoms with van der Waals surface area (Å²) in [6, 6.07) is 80.7. The van der Waals surface area contributed by atoms with Crippen LogP contribution < -0.4 is 0 Å². The molecular weight excluding hydrogens is 801 g/mol. The van der Waals surface area contributed by atoms with Crippen molar-refractivity contribution in [3.05, 3.63) is 235 Å². The van der Waals surface area contributed by atoms with Gasteiger partial charge < -0.3 is 9.13 Å². The molecule has 0 saturated heterocycles. The van der Waals surface area contributed by atoms with E-state index in [4.69, 9.17) is 4.98 Å². The second-order valence-corrected chi connectivity index (χ2v) is 17.2. The molecule has 3 heterocycles. The molecule has 66 heavy (non-hydrogen) atoms. The molecule has 3 aromatic heterocycles. The van der Waals surface area contributed by atoms with Crippen LogP contribution in [-0.4, -0.2) is 14.1 Å². The van der Waals surface area contributed by atoms with E-state index in [2.05, 4.69) is 247 Å². The maximum absolute atomic E-state index is 11.5. The van der Waals surface area contributed by atoms with Gasteiger partial charge in [-0.3, -0.25) is 4.98 Å². The fourth-order valence-corrected chi connectivity index (χ4v) is 10.1. The summed E-state index contributed by atoms with van der Waals surface area (Å²) in [5.41, 5.74) is 19.4. The van der Waals surface area contributed by atoms with Crippen LogP contribution in [0, 0.1) is 25.2 Å². The summed E-state index contributed by atoms with van der Waals surface area (Å²) in [6.45, 7) is 4.12. The average molecular weight is 843 g/mol. The molecule has 0 bridgehead atoms. The van der Waals surface area contributed by atoms with E-state index in [9.17, 15) is 5.26 Å². The zero-order valence-corrected chi connectivity index (χ0v) is 36.6. The van der Waals surface area contributed by atoms with E-state index in [0.29, 0.717) is 5.56 Å². The Morgan fingerprint density at radius 1 is 0.333 bits per heavy atom. The molecule has 12 aromatic rings. The van der Waals surface area contributed by atoms with Crippen molar-refractivity contribution in [1.29, 1.82) is 5.26 Å². The van der Waals surface area contributed by atoms with Crippen LogP contribution in [0.3, 0.4) is 0 Å². The molecular formula is C62H42N4. The Balaban J connectivity index is 1.21. The highest BCUT2D eigenvalue weighted by molar-refractivity contribution is 6.13. The van der Waals surface area contributed by atoms with Crippen molar-refractivity contribution in [2.24, 2.45) is 0 Å². The molecule has 12 rings (SSSR count). The maximum Gasteiger partial charge on any atom is 0.101 e. The van der Waals surface area contributed by atoms with Crippen LogP contribution >= 0.6 is 0 Å². The minimum absolute atomic E-state index is 0.568. The largest absolute Gasteiger partial charge is 0.309 e. The molecule has 0 radical (unpaired) electrons. The molecule has 0 atom stereocenters. The summed E-state index contributed by atoms with van der Waals surface area (Å²) in [4.78, 5) is 4.84. The summed E-state index contributed by atoms with van der Waals surface area (Å²) in [7, 11) is 0. The van der Waals surface area contributed by atoms with Gasteiger partial charge in [-0.25, -0.2) is 0 Å². The Hall–Kier alpha value is -8.78. The molecule has 0 aliphatic heterocycles. The van der Waals surface area contributed by atoms with Crippen LogP contribution in [0.15, 0.2) is 218 Å². The summed E-state index contributed by atoms with van der Waals surface area (Å²) >= 11 is 0. The predicted molar refractivity (Wildman–Crippen MR) is 274 cm³/mol. The molecule has 9 aromatic carbocycles. The highest BCUT2D eigenvalue weighted by atomic mass is 15.0. The van der Waals surface area contributed by atoms with Gasteiger partial charge in [-0.1, -0.05) is 170 Å². The highest BCUT2D eigenvalue weighted by Crippen LogP contribution is 2.44. The van der Waals surface area contributed by atoms with Crippen molar-refractivity contribution < 1.29 is 0 Å². The van der Waals surface area contributed by atoms with Crippen LogP contribution in [0.2, 0.25) is 0 Å². The zero-order chi connectivity index (χ0) is 44.3. The highest BCUT2D eigenvalue weighted by Gasteiger charge is 2.23. The van der Waals surface area contributed by atoms with E-state index >= 15 is 0 Å². The molecule has 0 aliphatic carbocycles. The predicted octanol–water partition coefficient (Wildman–Crippen LogP) is 16.1. The van der Waals surface area contributed by atoms with Crippen LogP contribution in [0.4, 0.5) is 0 Å². The van der Waals surface area contributed by atoms with Crippen molar-refractivity contribution in [3.8, 4) is 73.1 Å². The monoisotopic (exact) mass is 842 g/mol. The minimum Gasteiger partial charge on any atom is -0.309 e. The van der Waals surface area contributed by atoms with Crippen LogP contribution in [-0.2, 0) is 0 Å². The van der Waals surface area contributed by atoms with Gasteiger partial charge in [0.1, 0.15) is 6.07 Å². The number of hydrogen-bond acceptors (Lipinski definition) is 2. The van der Waals surface area contributed by atoms with Gasteiger partial charge in [0.15, 0.2) is 0 Å². The Labute approximate surface area is 383 Å². The molecule has 0 aliphatic rings. The molecule has 0 amide bonds. The van der Waals surface area contributed by atoms with Crippen molar-refractivity contribution in [1.82, 2.24) is 14.1 Å². The number of pyridine rings is 1. The average Bonchev–Trinajstić information content (AvgIpc) is 3.87. The maximum atomic E-state index is 11.5. The van der Waals surface area contributed by atoms with Gasteiger partial charge in [0.25, 0.3) is 0 Å². The molecule has 0 spiro atoms. The number of nitriles is 1. The molecule has 4 nitrogen and oxygen atoms in total. The van der Waals surface area contributed by atoms with Crippen LogP contribution in [0.1, 0.15) is 17.0 Å². The molecule has 4 heteroatoms. The van der Waals surface area contributed by atoms with E-state index in [0.717, 1.165) is 122 Å². The number of nitrogens with zero attached hydrogens (tertiary/aromatic N) is 4. The first-order valence-corrected chi connectivity index (χ1v) is 22.4. The smallest absolute Gasteiger partial charge is 0.101 e. The first-order chi connectivity index (χ1) is 32.5. The van der Waals surface area contributed by atoms with E-state index in [-0.39, 0.29) is 0 Å². The van der Waals surface area contributed by atoms with Gasteiger partial charge in [0.05, 0.1) is 39.0 Å². The number of aryl methyl sites for hydroxylation is 2. The van der Waals surface area contributed by atoms with Crippen molar-refractivity contribution >= 4 is 43.6 Å². The Morgan fingerprint density at radius 3 is 1.00 bits per heavy atom. The van der Waals surface area contributed by atoms with Gasteiger partial charge >= 0.3 is 0 Å². The number of benzene rings is 9. The number of rotatable bonds is 7. The standard InChI is InChI=1S/C62H42N4/c1-40-31-50(32-41(2)64-40)56-38-57(65-58-33-46(42-15-7-3-8-16-42)23-27-52(58)53-28-24-47(34-59(53)65)43-17-9-4-10-18-43)51(39-63)37-62(56)66-60-35-48(44-19-11-5-12-20-44)25-29-54(60)55-30-26-49(36-61(55)66)45-21-13-6-14-22-45/h3-38H,1-2H3. The van der Waals surface area contributed by atoms with E-state index in [1.807, 2.05) is 0 Å². The topological polar surface area (TPSA) is 46.5 Å². The van der Waals surface area contributed by atoms with E-state index in [1.165, 1.54) is 0 Å². The third-order valence-electron chi connectivity index (χ3n) is 13.1. The van der Waals surface area contributed by atoms with Crippen molar-refractivity contribution in [2.45, 2.75) is 13.8 Å². The lowest BCUT2D eigenvalue weighted by molar-refractivity contribution is 1.11. The molecule has 0 unspecified atom stereocenters.